The van der Waals surface area contributed by atoms with Crippen LogP contribution in [0.5, 0.6) is 5.75 Å². The third kappa shape index (κ3) is 3.26. The van der Waals surface area contributed by atoms with Crippen molar-refractivity contribution in [3.63, 3.8) is 0 Å². The first kappa shape index (κ1) is 14.9. The Hall–Kier alpha value is -3.02. The number of carbonyl (C=O) groups is 1. The topological polar surface area (TPSA) is 87.0 Å². The molecule has 1 heterocycles. The van der Waals surface area contributed by atoms with Crippen molar-refractivity contribution in [1.29, 1.82) is 0 Å². The standard InChI is InChI=1S/C17H17N3O3/c1-10-3-6-15(23-2)14(7-10)18-16(21)9-11-4-5-12-13(8-11)20-17(22)19-12/h3-8H,9H2,1-2H3,(H,18,21)(H2,19,20,22). The minimum absolute atomic E-state index is 0.147. The average molecular weight is 311 g/mol. The number of methoxy groups -OCH3 is 1. The van der Waals surface area contributed by atoms with Gasteiger partial charge in [-0.1, -0.05) is 12.1 Å². The number of imidazole rings is 1. The Morgan fingerprint density at radius 2 is 1.91 bits per heavy atom. The summed E-state index contributed by atoms with van der Waals surface area (Å²) >= 11 is 0. The number of amides is 1. The van der Waals surface area contributed by atoms with Crippen molar-refractivity contribution in [1.82, 2.24) is 9.97 Å². The highest BCUT2D eigenvalue weighted by Crippen LogP contribution is 2.25. The van der Waals surface area contributed by atoms with Gasteiger partial charge in [-0.05, 0) is 42.3 Å². The zero-order valence-corrected chi connectivity index (χ0v) is 12.9. The maximum Gasteiger partial charge on any atom is 0.323 e. The summed E-state index contributed by atoms with van der Waals surface area (Å²) in [5, 5.41) is 2.86. The van der Waals surface area contributed by atoms with Gasteiger partial charge >= 0.3 is 5.69 Å². The number of anilines is 1. The van der Waals surface area contributed by atoms with Crippen LogP contribution in [-0.2, 0) is 11.2 Å². The number of H-pyrrole nitrogens is 2. The van der Waals surface area contributed by atoms with E-state index in [0.29, 0.717) is 17.0 Å². The molecule has 3 rings (SSSR count). The van der Waals surface area contributed by atoms with Crippen LogP contribution in [0.25, 0.3) is 11.0 Å². The lowest BCUT2D eigenvalue weighted by Gasteiger charge is -2.11. The summed E-state index contributed by atoms with van der Waals surface area (Å²) < 4.78 is 5.25. The van der Waals surface area contributed by atoms with Crippen LogP contribution in [0.4, 0.5) is 5.69 Å². The Bertz CT molecular complexity index is 924. The Kier molecular flexibility index (Phi) is 3.89. The molecule has 0 atom stereocenters. The van der Waals surface area contributed by atoms with Crippen molar-refractivity contribution in [3.05, 3.63) is 58.0 Å². The first-order valence-electron chi connectivity index (χ1n) is 7.20. The number of aromatic amines is 2. The van der Waals surface area contributed by atoms with Crippen molar-refractivity contribution < 1.29 is 9.53 Å². The largest absolute Gasteiger partial charge is 0.495 e. The Labute approximate surface area is 132 Å². The van der Waals surface area contributed by atoms with Crippen LogP contribution in [0.15, 0.2) is 41.2 Å². The van der Waals surface area contributed by atoms with Gasteiger partial charge in [0.2, 0.25) is 5.91 Å². The predicted octanol–water partition coefficient (Wildman–Crippen LogP) is 2.35. The van der Waals surface area contributed by atoms with E-state index in [1.807, 2.05) is 31.2 Å². The van der Waals surface area contributed by atoms with E-state index in [-0.39, 0.29) is 18.0 Å². The maximum absolute atomic E-state index is 12.3. The number of benzene rings is 2. The molecule has 0 bridgehead atoms. The second-order valence-electron chi connectivity index (χ2n) is 5.39. The molecule has 1 aromatic heterocycles. The number of ether oxygens (including phenoxy) is 1. The van der Waals surface area contributed by atoms with Gasteiger partial charge in [0.15, 0.2) is 0 Å². The molecule has 2 aromatic carbocycles. The number of nitrogens with one attached hydrogen (secondary N) is 3. The second-order valence-corrected chi connectivity index (χ2v) is 5.39. The van der Waals surface area contributed by atoms with Crippen LogP contribution < -0.4 is 15.7 Å². The summed E-state index contributed by atoms with van der Waals surface area (Å²) in [7, 11) is 1.57. The summed E-state index contributed by atoms with van der Waals surface area (Å²) in [5.41, 5.74) is 3.65. The van der Waals surface area contributed by atoms with E-state index in [2.05, 4.69) is 15.3 Å². The van der Waals surface area contributed by atoms with Crippen molar-refractivity contribution in [2.24, 2.45) is 0 Å². The smallest absolute Gasteiger partial charge is 0.323 e. The fourth-order valence-corrected chi connectivity index (χ4v) is 2.49. The van der Waals surface area contributed by atoms with Crippen molar-refractivity contribution in [2.75, 3.05) is 12.4 Å². The fraction of sp³-hybridized carbons (Fsp3) is 0.176. The zero-order chi connectivity index (χ0) is 16.4. The predicted molar refractivity (Wildman–Crippen MR) is 89.0 cm³/mol. The third-order valence-electron chi connectivity index (χ3n) is 3.57. The monoisotopic (exact) mass is 311 g/mol. The lowest BCUT2D eigenvalue weighted by Crippen LogP contribution is -2.15. The van der Waals surface area contributed by atoms with E-state index in [9.17, 15) is 9.59 Å². The number of aromatic nitrogens is 2. The molecular weight excluding hydrogens is 294 g/mol. The number of hydrogen-bond acceptors (Lipinski definition) is 3. The molecule has 3 N–H and O–H groups in total. The number of carbonyl (C=O) groups excluding carboxylic acids is 1. The van der Waals surface area contributed by atoms with Crippen molar-refractivity contribution in [2.45, 2.75) is 13.3 Å². The van der Waals surface area contributed by atoms with Crippen LogP contribution >= 0.6 is 0 Å². The molecule has 23 heavy (non-hydrogen) atoms. The molecule has 0 aliphatic carbocycles. The van der Waals surface area contributed by atoms with E-state index in [0.717, 1.165) is 16.6 Å². The first-order valence-corrected chi connectivity index (χ1v) is 7.20. The molecule has 0 aliphatic rings. The Balaban J connectivity index is 1.78. The molecule has 6 nitrogen and oxygen atoms in total. The minimum Gasteiger partial charge on any atom is -0.495 e. The first-order chi connectivity index (χ1) is 11.0. The molecule has 0 aliphatic heterocycles. The highest BCUT2D eigenvalue weighted by Gasteiger charge is 2.09. The molecule has 6 heteroatoms. The molecule has 118 valence electrons. The maximum atomic E-state index is 12.3. The van der Waals surface area contributed by atoms with Crippen molar-refractivity contribution >= 4 is 22.6 Å². The molecule has 1 amide bonds. The number of fused-ring (bicyclic) bond motifs is 1. The molecule has 0 unspecified atom stereocenters. The number of aryl methyl sites for hydroxylation is 1. The van der Waals surface area contributed by atoms with Crippen molar-refractivity contribution in [3.8, 4) is 5.75 Å². The molecule has 0 radical (unpaired) electrons. The molecule has 3 aromatic rings. The van der Waals surface area contributed by atoms with Gasteiger partial charge in [0.25, 0.3) is 0 Å². The summed E-state index contributed by atoms with van der Waals surface area (Å²) in [4.78, 5) is 28.9. The van der Waals surface area contributed by atoms with Gasteiger partial charge < -0.3 is 20.0 Å². The molecule has 0 spiro atoms. The van der Waals surface area contributed by atoms with Gasteiger partial charge in [-0.15, -0.1) is 0 Å². The van der Waals surface area contributed by atoms with Crippen LogP contribution in [0.3, 0.4) is 0 Å². The van der Waals surface area contributed by atoms with Gasteiger partial charge in [-0.3, -0.25) is 4.79 Å². The summed E-state index contributed by atoms with van der Waals surface area (Å²) in [6, 6.07) is 11.0. The molecular formula is C17H17N3O3. The Morgan fingerprint density at radius 1 is 1.13 bits per heavy atom. The molecule has 0 saturated carbocycles. The van der Waals surface area contributed by atoms with Gasteiger partial charge in [-0.25, -0.2) is 4.79 Å². The number of hydrogen-bond donors (Lipinski definition) is 3. The third-order valence-corrected chi connectivity index (χ3v) is 3.57. The number of rotatable bonds is 4. The van der Waals surface area contributed by atoms with E-state index in [1.54, 1.807) is 19.2 Å². The van der Waals surface area contributed by atoms with Crippen LogP contribution in [0.2, 0.25) is 0 Å². The minimum atomic E-state index is -0.258. The highest BCUT2D eigenvalue weighted by atomic mass is 16.5. The van der Waals surface area contributed by atoms with Crippen LogP contribution in [-0.4, -0.2) is 23.0 Å². The van der Waals surface area contributed by atoms with Gasteiger partial charge in [0.1, 0.15) is 5.75 Å². The lowest BCUT2D eigenvalue weighted by atomic mass is 10.1. The molecule has 0 fully saturated rings. The zero-order valence-electron chi connectivity index (χ0n) is 12.9. The second kappa shape index (κ2) is 6.00. The van der Waals surface area contributed by atoms with E-state index in [1.165, 1.54) is 0 Å². The van der Waals surface area contributed by atoms with Crippen LogP contribution in [0, 0.1) is 6.92 Å². The normalized spacial score (nSPS) is 10.7. The summed E-state index contributed by atoms with van der Waals surface area (Å²) in [6.07, 6.45) is 0.209. The van der Waals surface area contributed by atoms with Gasteiger partial charge in [0, 0.05) is 0 Å². The van der Waals surface area contributed by atoms with E-state index < -0.39 is 0 Å². The van der Waals surface area contributed by atoms with Gasteiger partial charge in [0.05, 0.1) is 30.3 Å². The van der Waals surface area contributed by atoms with Gasteiger partial charge in [-0.2, -0.15) is 0 Å². The van der Waals surface area contributed by atoms with Crippen LogP contribution in [0.1, 0.15) is 11.1 Å². The Morgan fingerprint density at radius 3 is 2.70 bits per heavy atom. The van der Waals surface area contributed by atoms with E-state index >= 15 is 0 Å². The van der Waals surface area contributed by atoms with E-state index in [4.69, 9.17) is 4.74 Å². The molecule has 0 saturated heterocycles. The summed E-state index contributed by atoms with van der Waals surface area (Å²) in [5.74, 6) is 0.473. The summed E-state index contributed by atoms with van der Waals surface area (Å²) in [6.45, 7) is 1.95. The fourth-order valence-electron chi connectivity index (χ4n) is 2.49. The lowest BCUT2D eigenvalue weighted by molar-refractivity contribution is -0.115. The average Bonchev–Trinajstić information content (AvgIpc) is 2.86. The SMILES string of the molecule is COc1ccc(C)cc1NC(=O)Cc1ccc2[nH]c(=O)[nH]c2c1. The quantitative estimate of drug-likeness (QED) is 0.691. The highest BCUT2D eigenvalue weighted by molar-refractivity contribution is 5.94.